The predicted octanol–water partition coefficient (Wildman–Crippen LogP) is 3.56. The summed E-state index contributed by atoms with van der Waals surface area (Å²) in [5.41, 5.74) is 2.31. The molecule has 162 valence electrons. The van der Waals surface area contributed by atoms with Crippen LogP contribution in [0.15, 0.2) is 59.6 Å². The summed E-state index contributed by atoms with van der Waals surface area (Å²) in [6, 6.07) is 18.3. The van der Waals surface area contributed by atoms with Crippen molar-refractivity contribution in [3.63, 3.8) is 0 Å². The first kappa shape index (κ1) is 24.0. The molecule has 6 nitrogen and oxygen atoms in total. The Morgan fingerprint density at radius 2 is 1.83 bits per heavy atom. The molecule has 3 rings (SSSR count). The second-order valence-electron chi connectivity index (χ2n) is 7.12. The van der Waals surface area contributed by atoms with Crippen LogP contribution in [0, 0.1) is 0 Å². The van der Waals surface area contributed by atoms with Crippen LogP contribution in [0.1, 0.15) is 30.9 Å². The Labute approximate surface area is 196 Å². The zero-order valence-corrected chi connectivity index (χ0v) is 20.0. The van der Waals surface area contributed by atoms with Crippen molar-refractivity contribution in [3.05, 3.63) is 65.7 Å². The summed E-state index contributed by atoms with van der Waals surface area (Å²) in [6.45, 7) is 4.61. The Morgan fingerprint density at radius 3 is 2.53 bits per heavy atom. The van der Waals surface area contributed by atoms with E-state index in [0.717, 1.165) is 36.8 Å². The third kappa shape index (κ3) is 6.90. The normalized spacial score (nSPS) is 16.0. The quantitative estimate of drug-likeness (QED) is 0.332. The number of amides is 1. The van der Waals surface area contributed by atoms with E-state index < -0.39 is 0 Å². The molecule has 0 radical (unpaired) electrons. The van der Waals surface area contributed by atoms with Crippen LogP contribution in [0.5, 0.6) is 5.75 Å². The number of hydrogen-bond acceptors (Lipinski definition) is 3. The van der Waals surface area contributed by atoms with Crippen molar-refractivity contribution in [2.75, 3.05) is 20.1 Å². The Morgan fingerprint density at radius 1 is 1.13 bits per heavy atom. The van der Waals surface area contributed by atoms with E-state index in [9.17, 15) is 4.79 Å². The summed E-state index contributed by atoms with van der Waals surface area (Å²) >= 11 is 0. The van der Waals surface area contributed by atoms with Crippen molar-refractivity contribution in [1.82, 2.24) is 15.5 Å². The topological polar surface area (TPSA) is 66.0 Å². The molecule has 1 atom stereocenters. The Balaban J connectivity index is 0.00000320. The van der Waals surface area contributed by atoms with Gasteiger partial charge in [-0.05, 0) is 29.7 Å². The molecular weight excluding hydrogens is 491 g/mol. The molecule has 1 saturated heterocycles. The minimum atomic E-state index is 0. The van der Waals surface area contributed by atoms with Crippen molar-refractivity contribution in [2.24, 2.45) is 4.99 Å². The third-order valence-electron chi connectivity index (χ3n) is 5.11. The SMILES string of the molecule is CCC(=O)N1CCC(NC(=NC)NCc2ccccc2COc2ccccc2)C1.I. The van der Waals surface area contributed by atoms with Crippen LogP contribution >= 0.6 is 24.0 Å². The second-order valence-corrected chi connectivity index (χ2v) is 7.12. The zero-order chi connectivity index (χ0) is 20.5. The Kier molecular flexibility index (Phi) is 9.93. The smallest absolute Gasteiger partial charge is 0.222 e. The van der Waals surface area contributed by atoms with Crippen molar-refractivity contribution in [3.8, 4) is 5.75 Å². The summed E-state index contributed by atoms with van der Waals surface area (Å²) in [4.78, 5) is 18.1. The molecule has 1 aliphatic heterocycles. The largest absolute Gasteiger partial charge is 0.489 e. The van der Waals surface area contributed by atoms with Crippen molar-refractivity contribution >= 4 is 35.8 Å². The fraction of sp³-hybridized carbons (Fsp3) is 0.391. The van der Waals surface area contributed by atoms with Crippen LogP contribution in [0.3, 0.4) is 0 Å². The minimum Gasteiger partial charge on any atom is -0.489 e. The number of hydrogen-bond donors (Lipinski definition) is 2. The van der Waals surface area contributed by atoms with Crippen LogP contribution in [0.2, 0.25) is 0 Å². The summed E-state index contributed by atoms with van der Waals surface area (Å²) in [5, 5.41) is 6.82. The van der Waals surface area contributed by atoms with Gasteiger partial charge in [-0.2, -0.15) is 0 Å². The van der Waals surface area contributed by atoms with E-state index in [-0.39, 0.29) is 35.9 Å². The molecule has 2 aromatic rings. The number of carbonyl (C=O) groups is 1. The van der Waals surface area contributed by atoms with Crippen LogP contribution < -0.4 is 15.4 Å². The lowest BCUT2D eigenvalue weighted by molar-refractivity contribution is -0.129. The van der Waals surface area contributed by atoms with Gasteiger partial charge < -0.3 is 20.3 Å². The summed E-state index contributed by atoms with van der Waals surface area (Å²) < 4.78 is 5.91. The van der Waals surface area contributed by atoms with Gasteiger partial charge in [0.15, 0.2) is 5.96 Å². The molecule has 2 N–H and O–H groups in total. The number of rotatable bonds is 7. The number of likely N-dealkylation sites (tertiary alicyclic amines) is 1. The summed E-state index contributed by atoms with van der Waals surface area (Å²) in [6.07, 6.45) is 1.50. The second kappa shape index (κ2) is 12.4. The first-order chi connectivity index (χ1) is 14.2. The number of ether oxygens (including phenoxy) is 1. The van der Waals surface area contributed by atoms with E-state index in [1.54, 1.807) is 7.05 Å². The number of benzene rings is 2. The van der Waals surface area contributed by atoms with E-state index in [4.69, 9.17) is 4.74 Å². The molecule has 0 aromatic heterocycles. The van der Waals surface area contributed by atoms with Gasteiger partial charge in [-0.25, -0.2) is 0 Å². The average molecular weight is 522 g/mol. The highest BCUT2D eigenvalue weighted by Gasteiger charge is 2.25. The van der Waals surface area contributed by atoms with E-state index in [0.29, 0.717) is 19.6 Å². The van der Waals surface area contributed by atoms with Crippen molar-refractivity contribution in [1.29, 1.82) is 0 Å². The van der Waals surface area contributed by atoms with E-state index in [1.165, 1.54) is 5.56 Å². The van der Waals surface area contributed by atoms with E-state index >= 15 is 0 Å². The molecule has 0 bridgehead atoms. The summed E-state index contributed by atoms with van der Waals surface area (Å²) in [5.74, 6) is 1.82. The maximum Gasteiger partial charge on any atom is 0.222 e. The van der Waals surface area contributed by atoms with Crippen molar-refractivity contribution < 1.29 is 9.53 Å². The highest BCUT2D eigenvalue weighted by atomic mass is 127. The lowest BCUT2D eigenvalue weighted by Gasteiger charge is -2.19. The first-order valence-electron chi connectivity index (χ1n) is 10.2. The lowest BCUT2D eigenvalue weighted by Crippen LogP contribution is -2.44. The van der Waals surface area contributed by atoms with Crippen LogP contribution in [0.25, 0.3) is 0 Å². The fourth-order valence-corrected chi connectivity index (χ4v) is 3.44. The maximum atomic E-state index is 11.9. The fourth-order valence-electron chi connectivity index (χ4n) is 3.44. The molecule has 1 heterocycles. The van der Waals surface area contributed by atoms with Gasteiger partial charge in [0.05, 0.1) is 0 Å². The molecule has 7 heteroatoms. The van der Waals surface area contributed by atoms with Gasteiger partial charge in [-0.3, -0.25) is 9.79 Å². The lowest BCUT2D eigenvalue weighted by atomic mass is 10.1. The van der Waals surface area contributed by atoms with Gasteiger partial charge in [0.2, 0.25) is 5.91 Å². The van der Waals surface area contributed by atoms with Gasteiger partial charge in [0.1, 0.15) is 12.4 Å². The number of aliphatic imine (C=N–C) groups is 1. The van der Waals surface area contributed by atoms with E-state index in [2.05, 4.69) is 27.8 Å². The van der Waals surface area contributed by atoms with Gasteiger partial charge in [0, 0.05) is 39.1 Å². The molecule has 0 saturated carbocycles. The molecule has 0 spiro atoms. The molecule has 1 unspecified atom stereocenters. The molecule has 1 aliphatic rings. The molecule has 2 aromatic carbocycles. The average Bonchev–Trinajstić information content (AvgIpc) is 3.24. The number of para-hydroxylation sites is 1. The number of nitrogens with zero attached hydrogens (tertiary/aromatic N) is 2. The highest BCUT2D eigenvalue weighted by Crippen LogP contribution is 2.15. The number of guanidine groups is 1. The molecule has 1 fully saturated rings. The Hall–Kier alpha value is -2.29. The zero-order valence-electron chi connectivity index (χ0n) is 17.6. The number of halogens is 1. The number of nitrogens with one attached hydrogen (secondary N) is 2. The third-order valence-corrected chi connectivity index (χ3v) is 5.11. The van der Waals surface area contributed by atoms with Gasteiger partial charge in [0.25, 0.3) is 0 Å². The van der Waals surface area contributed by atoms with Crippen LogP contribution in [0.4, 0.5) is 0 Å². The maximum absolute atomic E-state index is 11.9. The van der Waals surface area contributed by atoms with Gasteiger partial charge in [-0.15, -0.1) is 24.0 Å². The monoisotopic (exact) mass is 522 g/mol. The number of carbonyl (C=O) groups excluding carboxylic acids is 1. The van der Waals surface area contributed by atoms with E-state index in [1.807, 2.05) is 54.3 Å². The predicted molar refractivity (Wildman–Crippen MR) is 131 cm³/mol. The van der Waals surface area contributed by atoms with Crippen LogP contribution in [-0.2, 0) is 17.9 Å². The summed E-state index contributed by atoms with van der Waals surface area (Å²) in [7, 11) is 1.77. The molecule has 1 amide bonds. The van der Waals surface area contributed by atoms with Gasteiger partial charge >= 0.3 is 0 Å². The van der Waals surface area contributed by atoms with Gasteiger partial charge in [-0.1, -0.05) is 49.4 Å². The molecule has 30 heavy (non-hydrogen) atoms. The molecule has 0 aliphatic carbocycles. The Bertz CT molecular complexity index is 829. The minimum absolute atomic E-state index is 0. The first-order valence-corrected chi connectivity index (χ1v) is 10.2. The van der Waals surface area contributed by atoms with Crippen LogP contribution in [-0.4, -0.2) is 42.9 Å². The van der Waals surface area contributed by atoms with Crippen molar-refractivity contribution in [2.45, 2.75) is 39.0 Å². The highest BCUT2D eigenvalue weighted by molar-refractivity contribution is 14.0. The standard InChI is InChI=1S/C23H30N4O2.HI/c1-3-22(28)27-14-13-20(16-27)26-23(24-2)25-15-18-9-7-8-10-19(18)17-29-21-11-5-4-6-12-21;/h4-12,20H,3,13-17H2,1-2H3,(H2,24,25,26);1H. The molecular formula is C23H31IN4O2.